The fraction of sp³-hybridized carbons (Fsp3) is 0.0714. The van der Waals surface area contributed by atoms with Crippen molar-refractivity contribution in [3.8, 4) is 0 Å². The lowest BCUT2D eigenvalue weighted by atomic mass is 10.1. The Kier molecular flexibility index (Phi) is 8.13. The number of thioether (sulfide) groups is 1. The number of amides is 2. The highest BCUT2D eigenvalue weighted by Crippen LogP contribution is 2.37. The fourth-order valence-corrected chi connectivity index (χ4v) is 4.76. The Bertz CT molecular complexity index is 1340. The van der Waals surface area contributed by atoms with E-state index in [1.807, 2.05) is 73.7 Å². The van der Waals surface area contributed by atoms with Crippen molar-refractivity contribution in [1.82, 2.24) is 0 Å². The molecular formula is C28H22Cl2N2O2S. The van der Waals surface area contributed by atoms with Gasteiger partial charge in [-0.3, -0.25) is 9.59 Å². The van der Waals surface area contributed by atoms with E-state index < -0.39 is 5.25 Å². The van der Waals surface area contributed by atoms with Crippen LogP contribution in [0.3, 0.4) is 0 Å². The van der Waals surface area contributed by atoms with Crippen molar-refractivity contribution in [2.24, 2.45) is 0 Å². The Morgan fingerprint density at radius 1 is 0.743 bits per heavy atom. The predicted octanol–water partition coefficient (Wildman–Crippen LogP) is 8.03. The lowest BCUT2D eigenvalue weighted by Crippen LogP contribution is -2.19. The van der Waals surface area contributed by atoms with Crippen LogP contribution in [0.4, 0.5) is 11.4 Å². The van der Waals surface area contributed by atoms with Crippen LogP contribution in [0.25, 0.3) is 0 Å². The number of nitrogens with one attached hydrogen (secondary N) is 2. The SMILES string of the molecule is Cc1ccc(C(=O)Nc2cccc(SC(C(=O)Nc3ccc(Cl)c(Cl)c3)c3ccccc3)c2)cc1. The van der Waals surface area contributed by atoms with Crippen LogP contribution in [-0.4, -0.2) is 11.8 Å². The zero-order valence-corrected chi connectivity index (χ0v) is 21.1. The van der Waals surface area contributed by atoms with Gasteiger partial charge < -0.3 is 10.6 Å². The van der Waals surface area contributed by atoms with Crippen LogP contribution in [0.2, 0.25) is 10.0 Å². The van der Waals surface area contributed by atoms with Crippen molar-refractivity contribution in [2.75, 3.05) is 10.6 Å². The number of hydrogen-bond donors (Lipinski definition) is 2. The molecule has 176 valence electrons. The number of hydrogen-bond acceptors (Lipinski definition) is 3. The molecule has 0 saturated carbocycles. The van der Waals surface area contributed by atoms with Crippen LogP contribution in [0.15, 0.2) is 102 Å². The highest BCUT2D eigenvalue weighted by atomic mass is 35.5. The van der Waals surface area contributed by atoms with Crippen molar-refractivity contribution >= 4 is 58.2 Å². The molecule has 0 heterocycles. The van der Waals surface area contributed by atoms with Crippen molar-refractivity contribution in [3.05, 3.63) is 124 Å². The average Bonchev–Trinajstić information content (AvgIpc) is 2.86. The molecule has 7 heteroatoms. The Morgan fingerprint density at radius 3 is 2.17 bits per heavy atom. The number of rotatable bonds is 7. The average molecular weight is 521 g/mol. The number of carbonyl (C=O) groups is 2. The van der Waals surface area contributed by atoms with Gasteiger partial charge in [-0.2, -0.15) is 0 Å². The first-order chi connectivity index (χ1) is 16.9. The minimum absolute atomic E-state index is 0.191. The molecule has 0 spiro atoms. The van der Waals surface area contributed by atoms with Gasteiger partial charge in [0.05, 0.1) is 10.0 Å². The summed E-state index contributed by atoms with van der Waals surface area (Å²) in [6.45, 7) is 1.98. The monoisotopic (exact) mass is 520 g/mol. The minimum atomic E-state index is -0.534. The van der Waals surface area contributed by atoms with Crippen LogP contribution in [0.1, 0.15) is 26.7 Å². The summed E-state index contributed by atoms with van der Waals surface area (Å²) in [5.74, 6) is -0.391. The maximum Gasteiger partial charge on any atom is 0.255 e. The molecule has 4 aromatic carbocycles. The number of halogens is 2. The van der Waals surface area contributed by atoms with Crippen molar-refractivity contribution in [2.45, 2.75) is 17.1 Å². The van der Waals surface area contributed by atoms with E-state index in [9.17, 15) is 9.59 Å². The molecular weight excluding hydrogens is 499 g/mol. The van der Waals surface area contributed by atoms with Gasteiger partial charge in [0.25, 0.3) is 5.91 Å². The summed E-state index contributed by atoms with van der Waals surface area (Å²) >= 11 is 13.5. The summed E-state index contributed by atoms with van der Waals surface area (Å²) in [4.78, 5) is 26.8. The second-order valence-electron chi connectivity index (χ2n) is 7.87. The number of benzene rings is 4. The first-order valence-electron chi connectivity index (χ1n) is 10.8. The first-order valence-corrected chi connectivity index (χ1v) is 12.5. The van der Waals surface area contributed by atoms with Crippen LogP contribution < -0.4 is 10.6 Å². The Labute approximate surface area is 218 Å². The molecule has 35 heavy (non-hydrogen) atoms. The predicted molar refractivity (Wildman–Crippen MR) is 146 cm³/mol. The van der Waals surface area contributed by atoms with Crippen molar-refractivity contribution in [3.63, 3.8) is 0 Å². The fourth-order valence-electron chi connectivity index (χ4n) is 3.37. The van der Waals surface area contributed by atoms with E-state index in [-0.39, 0.29) is 11.8 Å². The molecule has 0 aromatic heterocycles. The Hall–Kier alpha value is -3.25. The molecule has 1 atom stereocenters. The molecule has 2 N–H and O–H groups in total. The molecule has 0 aliphatic rings. The van der Waals surface area contributed by atoms with Crippen molar-refractivity contribution in [1.29, 1.82) is 0 Å². The van der Waals surface area contributed by atoms with Gasteiger partial charge in [0.1, 0.15) is 5.25 Å². The molecule has 4 aromatic rings. The molecule has 0 aliphatic heterocycles. The quantitative estimate of drug-likeness (QED) is 0.242. The van der Waals surface area contributed by atoms with Crippen LogP contribution >= 0.6 is 35.0 Å². The number of anilines is 2. The maximum absolute atomic E-state index is 13.3. The van der Waals surface area contributed by atoms with Gasteiger partial charge in [-0.05, 0) is 61.0 Å². The van der Waals surface area contributed by atoms with E-state index in [1.165, 1.54) is 11.8 Å². The Morgan fingerprint density at radius 2 is 1.46 bits per heavy atom. The molecule has 4 nitrogen and oxygen atoms in total. The summed E-state index contributed by atoms with van der Waals surface area (Å²) in [7, 11) is 0. The molecule has 0 fully saturated rings. The summed E-state index contributed by atoms with van der Waals surface area (Å²) in [6.07, 6.45) is 0. The third-order valence-corrected chi connectivity index (χ3v) is 7.17. The van der Waals surface area contributed by atoms with E-state index in [1.54, 1.807) is 30.3 Å². The van der Waals surface area contributed by atoms with Crippen LogP contribution in [-0.2, 0) is 4.79 Å². The largest absolute Gasteiger partial charge is 0.325 e. The first kappa shape index (κ1) is 24.9. The van der Waals surface area contributed by atoms with Gasteiger partial charge in [-0.25, -0.2) is 0 Å². The van der Waals surface area contributed by atoms with E-state index in [0.717, 1.165) is 16.0 Å². The zero-order valence-electron chi connectivity index (χ0n) is 18.8. The van der Waals surface area contributed by atoms with E-state index in [4.69, 9.17) is 23.2 Å². The molecule has 4 rings (SSSR count). The topological polar surface area (TPSA) is 58.2 Å². The molecule has 0 saturated heterocycles. The van der Waals surface area contributed by atoms with Crippen LogP contribution in [0, 0.1) is 6.92 Å². The molecule has 2 amide bonds. The van der Waals surface area contributed by atoms with Gasteiger partial charge in [0.15, 0.2) is 0 Å². The van der Waals surface area contributed by atoms with Crippen molar-refractivity contribution < 1.29 is 9.59 Å². The Balaban J connectivity index is 1.54. The van der Waals surface area contributed by atoms with E-state index in [0.29, 0.717) is 27.0 Å². The van der Waals surface area contributed by atoms with Gasteiger partial charge >= 0.3 is 0 Å². The molecule has 0 bridgehead atoms. The summed E-state index contributed by atoms with van der Waals surface area (Å²) < 4.78 is 0. The van der Waals surface area contributed by atoms with Crippen LogP contribution in [0.5, 0.6) is 0 Å². The minimum Gasteiger partial charge on any atom is -0.325 e. The van der Waals surface area contributed by atoms with Gasteiger partial charge in [0.2, 0.25) is 5.91 Å². The number of carbonyl (C=O) groups excluding carboxylic acids is 2. The lowest BCUT2D eigenvalue weighted by molar-refractivity contribution is -0.115. The summed E-state index contributed by atoms with van der Waals surface area (Å²) in [6, 6.07) is 29.3. The third kappa shape index (κ3) is 6.67. The van der Waals surface area contributed by atoms with E-state index >= 15 is 0 Å². The summed E-state index contributed by atoms with van der Waals surface area (Å²) in [5.41, 5.74) is 3.73. The lowest BCUT2D eigenvalue weighted by Gasteiger charge is -2.18. The highest BCUT2D eigenvalue weighted by Gasteiger charge is 2.23. The van der Waals surface area contributed by atoms with Gasteiger partial charge in [0, 0.05) is 21.8 Å². The second-order valence-corrected chi connectivity index (χ2v) is 9.87. The highest BCUT2D eigenvalue weighted by molar-refractivity contribution is 8.00. The smallest absolute Gasteiger partial charge is 0.255 e. The van der Waals surface area contributed by atoms with Gasteiger partial charge in [-0.15, -0.1) is 11.8 Å². The summed E-state index contributed by atoms with van der Waals surface area (Å²) in [5, 5.41) is 6.11. The van der Waals surface area contributed by atoms with Gasteiger partial charge in [-0.1, -0.05) is 77.3 Å². The second kappa shape index (κ2) is 11.5. The maximum atomic E-state index is 13.3. The number of aryl methyl sites for hydroxylation is 1. The molecule has 0 radical (unpaired) electrons. The molecule has 0 aliphatic carbocycles. The zero-order chi connectivity index (χ0) is 24.8. The van der Waals surface area contributed by atoms with E-state index in [2.05, 4.69) is 10.6 Å². The third-order valence-electron chi connectivity index (χ3n) is 5.19. The standard InChI is InChI=1S/C28H22Cl2N2O2S/c1-18-10-12-20(13-11-18)27(33)31-21-8-5-9-23(16-21)35-26(19-6-3-2-4-7-19)28(34)32-22-14-15-24(29)25(30)17-22/h2-17,26H,1H3,(H,31,33)(H,32,34). The molecule has 1 unspecified atom stereocenters. The normalized spacial score (nSPS) is 11.5.